The predicted molar refractivity (Wildman–Crippen MR) is 83.0 cm³/mol. The minimum absolute atomic E-state index is 0.526. The highest BCUT2D eigenvalue weighted by molar-refractivity contribution is 7.13. The van der Waals surface area contributed by atoms with Crippen molar-refractivity contribution in [2.45, 2.75) is 19.9 Å². The molecule has 1 aromatic heterocycles. The second-order valence-corrected chi connectivity index (χ2v) is 6.24. The lowest BCUT2D eigenvalue weighted by Crippen LogP contribution is -2.47. The quantitative estimate of drug-likeness (QED) is 0.806. The summed E-state index contributed by atoms with van der Waals surface area (Å²) in [6.07, 6.45) is 1.88. The molecule has 1 N–H and O–H groups in total. The Morgan fingerprint density at radius 2 is 2.16 bits per heavy atom. The van der Waals surface area contributed by atoms with Crippen molar-refractivity contribution in [1.82, 2.24) is 15.2 Å². The van der Waals surface area contributed by atoms with Gasteiger partial charge in [-0.3, -0.25) is 4.90 Å². The zero-order valence-corrected chi connectivity index (χ0v) is 12.7. The van der Waals surface area contributed by atoms with Gasteiger partial charge in [-0.1, -0.05) is 20.4 Å². The molecule has 0 saturated carbocycles. The average Bonchev–Trinajstić information content (AvgIpc) is 2.91. The SMILES string of the molecule is C=C(CNC(C)C)CN1CCN(c2nccs2)CC1. The molecule has 1 aliphatic heterocycles. The van der Waals surface area contributed by atoms with Crippen molar-refractivity contribution in [3.8, 4) is 0 Å². The number of thiazole rings is 1. The van der Waals surface area contributed by atoms with E-state index in [4.69, 9.17) is 0 Å². The third-order valence-corrected chi connectivity index (χ3v) is 4.10. The van der Waals surface area contributed by atoms with Crippen molar-refractivity contribution >= 4 is 16.5 Å². The monoisotopic (exact) mass is 280 g/mol. The van der Waals surface area contributed by atoms with Crippen molar-refractivity contribution in [2.24, 2.45) is 0 Å². The number of nitrogens with one attached hydrogen (secondary N) is 1. The molecule has 0 atom stereocenters. The van der Waals surface area contributed by atoms with E-state index in [0.717, 1.165) is 44.4 Å². The van der Waals surface area contributed by atoms with Crippen LogP contribution in [0, 0.1) is 0 Å². The van der Waals surface area contributed by atoms with Crippen molar-refractivity contribution in [3.05, 3.63) is 23.7 Å². The molecule has 0 aromatic carbocycles. The maximum atomic E-state index is 4.37. The number of aromatic nitrogens is 1. The molecule has 4 nitrogen and oxygen atoms in total. The molecule has 1 aliphatic rings. The van der Waals surface area contributed by atoms with Crippen LogP contribution in [0.4, 0.5) is 5.13 Å². The summed E-state index contributed by atoms with van der Waals surface area (Å²) in [5.74, 6) is 0. The Morgan fingerprint density at radius 1 is 1.42 bits per heavy atom. The van der Waals surface area contributed by atoms with Crippen LogP contribution in [0.5, 0.6) is 0 Å². The molecular weight excluding hydrogens is 256 g/mol. The fraction of sp³-hybridized carbons (Fsp3) is 0.643. The van der Waals surface area contributed by atoms with Gasteiger partial charge in [0, 0.05) is 56.9 Å². The van der Waals surface area contributed by atoms with Gasteiger partial charge in [0.1, 0.15) is 0 Å². The van der Waals surface area contributed by atoms with E-state index in [2.05, 4.69) is 40.5 Å². The fourth-order valence-electron chi connectivity index (χ4n) is 2.19. The first-order valence-corrected chi connectivity index (χ1v) is 7.80. The largest absolute Gasteiger partial charge is 0.346 e. The van der Waals surface area contributed by atoms with Gasteiger partial charge < -0.3 is 10.2 Å². The highest BCUT2D eigenvalue weighted by Gasteiger charge is 2.18. The molecule has 1 saturated heterocycles. The number of hydrogen-bond donors (Lipinski definition) is 1. The Labute approximate surface area is 120 Å². The standard InChI is InChI=1S/C14H24N4S/c1-12(2)16-10-13(3)11-17-5-7-18(8-6-17)14-15-4-9-19-14/h4,9,12,16H,3,5-8,10-11H2,1-2H3. The first kappa shape index (κ1) is 14.5. The van der Waals surface area contributed by atoms with Crippen LogP contribution >= 0.6 is 11.3 Å². The molecule has 1 aromatic rings. The summed E-state index contributed by atoms with van der Waals surface area (Å²) >= 11 is 1.72. The number of piperazine rings is 1. The molecule has 0 amide bonds. The van der Waals surface area contributed by atoms with Gasteiger partial charge in [0.2, 0.25) is 0 Å². The topological polar surface area (TPSA) is 31.4 Å². The van der Waals surface area contributed by atoms with E-state index in [9.17, 15) is 0 Å². The summed E-state index contributed by atoms with van der Waals surface area (Å²) in [5, 5.41) is 6.62. The molecular formula is C14H24N4S. The molecule has 0 aliphatic carbocycles. The minimum atomic E-state index is 0.526. The normalized spacial score (nSPS) is 17.1. The maximum absolute atomic E-state index is 4.37. The Bertz CT molecular complexity index is 380. The summed E-state index contributed by atoms with van der Waals surface area (Å²) in [7, 11) is 0. The number of rotatable bonds is 6. The van der Waals surface area contributed by atoms with E-state index in [-0.39, 0.29) is 0 Å². The van der Waals surface area contributed by atoms with Crippen molar-refractivity contribution in [3.63, 3.8) is 0 Å². The Hall–Kier alpha value is -0.910. The Morgan fingerprint density at radius 3 is 2.74 bits per heavy atom. The van der Waals surface area contributed by atoms with Gasteiger partial charge in [-0.15, -0.1) is 11.3 Å². The summed E-state index contributed by atoms with van der Waals surface area (Å²) in [5.41, 5.74) is 1.27. The fourth-order valence-corrected chi connectivity index (χ4v) is 2.89. The van der Waals surface area contributed by atoms with E-state index >= 15 is 0 Å². The highest BCUT2D eigenvalue weighted by atomic mass is 32.1. The lowest BCUT2D eigenvalue weighted by molar-refractivity contribution is 0.276. The van der Waals surface area contributed by atoms with Gasteiger partial charge in [-0.05, 0) is 5.57 Å². The van der Waals surface area contributed by atoms with E-state index in [1.807, 2.05) is 11.6 Å². The van der Waals surface area contributed by atoms with Crippen LogP contribution in [0.15, 0.2) is 23.7 Å². The van der Waals surface area contributed by atoms with Crippen molar-refractivity contribution in [1.29, 1.82) is 0 Å². The molecule has 5 heteroatoms. The number of hydrogen-bond acceptors (Lipinski definition) is 5. The molecule has 0 unspecified atom stereocenters. The molecule has 2 rings (SSSR count). The Kier molecular flexibility index (Phi) is 5.36. The van der Waals surface area contributed by atoms with Crippen LogP contribution in [0.25, 0.3) is 0 Å². The van der Waals surface area contributed by atoms with Gasteiger partial charge in [-0.25, -0.2) is 4.98 Å². The third-order valence-electron chi connectivity index (χ3n) is 3.27. The van der Waals surface area contributed by atoms with E-state index in [0.29, 0.717) is 6.04 Å². The molecule has 2 heterocycles. The highest BCUT2D eigenvalue weighted by Crippen LogP contribution is 2.18. The zero-order valence-electron chi connectivity index (χ0n) is 11.9. The molecule has 106 valence electrons. The predicted octanol–water partition coefficient (Wildman–Crippen LogP) is 1.82. The van der Waals surface area contributed by atoms with Crippen LogP contribution < -0.4 is 10.2 Å². The lowest BCUT2D eigenvalue weighted by atomic mass is 10.2. The molecule has 0 radical (unpaired) electrons. The zero-order chi connectivity index (χ0) is 13.7. The van der Waals surface area contributed by atoms with Crippen LogP contribution in [0.3, 0.4) is 0 Å². The first-order chi connectivity index (χ1) is 9.15. The first-order valence-electron chi connectivity index (χ1n) is 6.92. The molecule has 19 heavy (non-hydrogen) atoms. The van der Waals surface area contributed by atoms with Gasteiger partial charge in [-0.2, -0.15) is 0 Å². The number of anilines is 1. The second kappa shape index (κ2) is 7.03. The van der Waals surface area contributed by atoms with Gasteiger partial charge in [0.25, 0.3) is 0 Å². The minimum Gasteiger partial charge on any atom is -0.346 e. The van der Waals surface area contributed by atoms with E-state index in [1.54, 1.807) is 11.3 Å². The van der Waals surface area contributed by atoms with Crippen molar-refractivity contribution in [2.75, 3.05) is 44.2 Å². The van der Waals surface area contributed by atoms with Gasteiger partial charge >= 0.3 is 0 Å². The maximum Gasteiger partial charge on any atom is 0.185 e. The summed E-state index contributed by atoms with van der Waals surface area (Å²) < 4.78 is 0. The molecule has 0 spiro atoms. The lowest BCUT2D eigenvalue weighted by Gasteiger charge is -2.35. The molecule has 0 bridgehead atoms. The third kappa shape index (κ3) is 4.60. The van der Waals surface area contributed by atoms with Crippen LogP contribution in [0.1, 0.15) is 13.8 Å². The van der Waals surface area contributed by atoms with Crippen LogP contribution in [0.2, 0.25) is 0 Å². The van der Waals surface area contributed by atoms with Gasteiger partial charge in [0.05, 0.1) is 0 Å². The van der Waals surface area contributed by atoms with Crippen LogP contribution in [-0.2, 0) is 0 Å². The van der Waals surface area contributed by atoms with Crippen molar-refractivity contribution < 1.29 is 0 Å². The summed E-state index contributed by atoms with van der Waals surface area (Å²) in [6.45, 7) is 14.8. The van der Waals surface area contributed by atoms with Crippen LogP contribution in [-0.4, -0.2) is 55.2 Å². The van der Waals surface area contributed by atoms with Gasteiger partial charge in [0.15, 0.2) is 5.13 Å². The number of nitrogens with zero attached hydrogens (tertiary/aromatic N) is 3. The molecule has 1 fully saturated rings. The average molecular weight is 280 g/mol. The Balaban J connectivity index is 1.70. The smallest absolute Gasteiger partial charge is 0.185 e. The van der Waals surface area contributed by atoms with E-state index < -0.39 is 0 Å². The second-order valence-electron chi connectivity index (χ2n) is 5.36. The summed E-state index contributed by atoms with van der Waals surface area (Å²) in [6, 6.07) is 0.526. The van der Waals surface area contributed by atoms with E-state index in [1.165, 1.54) is 5.57 Å². The summed E-state index contributed by atoms with van der Waals surface area (Å²) in [4.78, 5) is 9.23.